The molecule has 6 nitrogen and oxygen atoms in total. The predicted molar refractivity (Wildman–Crippen MR) is 187 cm³/mol. The Morgan fingerprint density at radius 2 is 1.23 bits per heavy atom. The van der Waals surface area contributed by atoms with E-state index in [-0.39, 0.29) is 22.3 Å². The molecule has 48 heavy (non-hydrogen) atoms. The van der Waals surface area contributed by atoms with Crippen LogP contribution in [0.3, 0.4) is 0 Å². The summed E-state index contributed by atoms with van der Waals surface area (Å²) in [6.45, 7) is 12.0. The lowest BCUT2D eigenvalue weighted by Gasteiger charge is -2.49. The first kappa shape index (κ1) is 32.6. The minimum atomic E-state index is 0.218. The molecule has 0 heterocycles. The van der Waals surface area contributed by atoms with Crippen LogP contribution >= 0.6 is 0 Å². The quantitative estimate of drug-likeness (QED) is 0.251. The molecule has 0 amide bonds. The molecule has 0 saturated heterocycles. The van der Waals surface area contributed by atoms with Crippen molar-refractivity contribution < 1.29 is 19.7 Å². The van der Waals surface area contributed by atoms with Gasteiger partial charge in [0.2, 0.25) is 0 Å². The van der Waals surface area contributed by atoms with Gasteiger partial charge in [-0.1, -0.05) is 25.0 Å². The van der Waals surface area contributed by atoms with E-state index in [1.807, 2.05) is 18.2 Å². The third-order valence-electron chi connectivity index (χ3n) is 14.2. The molecule has 0 aliphatic heterocycles. The molecular formula is C42H50N2O4. The van der Waals surface area contributed by atoms with Gasteiger partial charge >= 0.3 is 0 Å². The number of rotatable bonds is 2. The summed E-state index contributed by atoms with van der Waals surface area (Å²) >= 11 is 0. The highest BCUT2D eigenvalue weighted by Crippen LogP contribution is 2.64. The molecule has 6 aliphatic rings. The maximum Gasteiger partial charge on any atom is 0.160 e. The maximum atomic E-state index is 10.1. The Bertz CT molecular complexity index is 1620. The minimum Gasteiger partial charge on any atom is -0.504 e. The fourth-order valence-corrected chi connectivity index (χ4v) is 11.8. The lowest BCUT2D eigenvalue weighted by atomic mass is 9.55. The number of phenols is 2. The summed E-state index contributed by atoms with van der Waals surface area (Å²) in [6.07, 6.45) is 17.4. The van der Waals surface area contributed by atoms with Gasteiger partial charge in [-0.3, -0.25) is 0 Å². The smallest absolute Gasteiger partial charge is 0.160 e. The third kappa shape index (κ3) is 5.10. The molecule has 8 rings (SSSR count). The standard InChI is InChI=1S/2C21H25NO2/c1-21-9-8-15-16(18(21)7-5-14(21)12-22-2)6-4-13-10-19(23)20(24-3)11-17(13)15;1-21-9-7-15-16(18(21)6-4-14(21)8-10-22)5-3-13-11-19(23)20(24-2)12-17(13)15/h10-12,15-16,18,23H,4-9H2,1,3H3;8,11-12,15-16,18,23H,3-7,9H2,1-2H3/b14-12-;14-8+/t2*15?,16?,18?,21-/m11/s1. The van der Waals surface area contributed by atoms with Crippen LogP contribution in [0.25, 0.3) is 4.85 Å². The monoisotopic (exact) mass is 646 g/mol. The van der Waals surface area contributed by atoms with Crippen molar-refractivity contribution in [2.45, 2.75) is 103 Å². The second-order valence-electron chi connectivity index (χ2n) is 15.8. The van der Waals surface area contributed by atoms with Gasteiger partial charge in [0.25, 0.3) is 0 Å². The minimum absolute atomic E-state index is 0.218. The maximum absolute atomic E-state index is 10.1. The fourth-order valence-electron chi connectivity index (χ4n) is 11.8. The lowest BCUT2D eigenvalue weighted by Crippen LogP contribution is -2.40. The molecule has 4 fully saturated rings. The first-order valence-electron chi connectivity index (χ1n) is 18.1. The summed E-state index contributed by atoms with van der Waals surface area (Å²) in [6, 6.07) is 10.2. The van der Waals surface area contributed by atoms with E-state index in [4.69, 9.17) is 21.3 Å². The van der Waals surface area contributed by atoms with Gasteiger partial charge in [0.15, 0.2) is 29.2 Å². The Hall–Kier alpha value is -3.90. The van der Waals surface area contributed by atoms with Gasteiger partial charge in [-0.05, 0) is 170 Å². The van der Waals surface area contributed by atoms with Crippen LogP contribution in [0.2, 0.25) is 0 Å². The summed E-state index contributed by atoms with van der Waals surface area (Å²) < 4.78 is 10.7. The van der Waals surface area contributed by atoms with Crippen LogP contribution in [0.15, 0.2) is 47.7 Å². The number of hydrogen-bond acceptors (Lipinski definition) is 5. The number of hydrogen-bond donors (Lipinski definition) is 2. The summed E-state index contributed by atoms with van der Waals surface area (Å²) in [5, 5.41) is 29.3. The Morgan fingerprint density at radius 3 is 1.69 bits per heavy atom. The number of nitriles is 1. The second-order valence-corrected chi connectivity index (χ2v) is 15.8. The van der Waals surface area contributed by atoms with Crippen molar-refractivity contribution >= 4 is 0 Å². The molecule has 252 valence electrons. The van der Waals surface area contributed by atoms with Crippen molar-refractivity contribution in [1.29, 1.82) is 5.26 Å². The number of allylic oxidation sites excluding steroid dienone is 3. The van der Waals surface area contributed by atoms with E-state index < -0.39 is 0 Å². The second kappa shape index (κ2) is 12.5. The van der Waals surface area contributed by atoms with E-state index in [1.165, 1.54) is 78.3 Å². The molecule has 8 atom stereocenters. The summed E-state index contributed by atoms with van der Waals surface area (Å²) in [7, 11) is 3.24. The third-order valence-corrected chi connectivity index (χ3v) is 14.2. The van der Waals surface area contributed by atoms with Gasteiger partial charge in [-0.25, -0.2) is 4.85 Å². The van der Waals surface area contributed by atoms with Gasteiger partial charge in [0.1, 0.15) is 0 Å². The van der Waals surface area contributed by atoms with E-state index in [2.05, 4.69) is 36.9 Å². The molecule has 6 heteroatoms. The number of phenolic OH excluding ortho intramolecular Hbond substituents is 2. The lowest BCUT2D eigenvalue weighted by molar-refractivity contribution is 0.0812. The number of benzene rings is 2. The molecule has 0 radical (unpaired) electrons. The Balaban J connectivity index is 0.000000152. The largest absolute Gasteiger partial charge is 0.504 e. The highest BCUT2D eigenvalue weighted by molar-refractivity contribution is 5.51. The van der Waals surface area contributed by atoms with Crippen LogP contribution in [-0.4, -0.2) is 24.4 Å². The summed E-state index contributed by atoms with van der Waals surface area (Å²) in [5.41, 5.74) is 8.58. The Morgan fingerprint density at radius 1 is 0.750 bits per heavy atom. The number of nitrogens with zero attached hydrogens (tertiary/aromatic N) is 2. The van der Waals surface area contributed by atoms with E-state index in [9.17, 15) is 10.2 Å². The molecule has 2 aromatic rings. The van der Waals surface area contributed by atoms with Gasteiger partial charge in [-0.15, -0.1) is 0 Å². The SMILES string of the molecule is COc1cc2c(cc1O)CCC1C2CC[C@]2(C)/C(=C/C#N)CCC12.[C-]#[N+]/C=C1/CCC2C3CCc4cc(O)c(OC)cc4C3CC[C@]12C. The van der Waals surface area contributed by atoms with Crippen molar-refractivity contribution in [2.24, 2.45) is 34.5 Å². The zero-order valence-corrected chi connectivity index (χ0v) is 29.0. The van der Waals surface area contributed by atoms with Crippen LogP contribution in [0, 0.1) is 52.4 Å². The molecular weight excluding hydrogens is 596 g/mol. The van der Waals surface area contributed by atoms with Gasteiger partial charge in [0.05, 0.1) is 26.9 Å². The topological polar surface area (TPSA) is 87.1 Å². The molecule has 4 saturated carbocycles. The van der Waals surface area contributed by atoms with Crippen molar-refractivity contribution in [2.75, 3.05) is 14.2 Å². The predicted octanol–water partition coefficient (Wildman–Crippen LogP) is 9.77. The molecule has 2 N–H and O–H groups in total. The van der Waals surface area contributed by atoms with E-state index in [1.54, 1.807) is 20.4 Å². The van der Waals surface area contributed by atoms with Crippen LogP contribution in [0.4, 0.5) is 0 Å². The molecule has 0 aromatic heterocycles. The number of aryl methyl sites for hydroxylation is 2. The van der Waals surface area contributed by atoms with Crippen molar-refractivity contribution in [3.05, 3.63) is 81.4 Å². The number of ether oxygens (including phenoxy) is 2. The van der Waals surface area contributed by atoms with Crippen LogP contribution in [0.1, 0.15) is 112 Å². The van der Waals surface area contributed by atoms with Crippen molar-refractivity contribution in [1.82, 2.24) is 0 Å². The first-order chi connectivity index (χ1) is 23.2. The Kier molecular flexibility index (Phi) is 8.52. The summed E-state index contributed by atoms with van der Waals surface area (Å²) in [5.74, 6) is 5.63. The zero-order valence-electron chi connectivity index (χ0n) is 29.0. The number of aromatic hydroxyl groups is 2. The molecule has 0 spiro atoms. The number of methoxy groups -OCH3 is 2. The molecule has 0 bridgehead atoms. The van der Waals surface area contributed by atoms with E-state index >= 15 is 0 Å². The van der Waals surface area contributed by atoms with Gasteiger partial charge in [0, 0.05) is 6.08 Å². The first-order valence-corrected chi connectivity index (χ1v) is 18.1. The molecule has 6 aliphatic carbocycles. The summed E-state index contributed by atoms with van der Waals surface area (Å²) in [4.78, 5) is 3.57. The fraction of sp³-hybridized carbons (Fsp3) is 0.571. The Labute approximate surface area is 286 Å². The highest BCUT2D eigenvalue weighted by atomic mass is 16.5. The van der Waals surface area contributed by atoms with Crippen LogP contribution in [-0.2, 0) is 12.8 Å². The average Bonchev–Trinajstić information content (AvgIpc) is 3.60. The van der Waals surface area contributed by atoms with E-state index in [0.717, 1.165) is 32.1 Å². The van der Waals surface area contributed by atoms with Gasteiger partial charge < -0.3 is 19.7 Å². The van der Waals surface area contributed by atoms with Crippen molar-refractivity contribution in [3.8, 4) is 29.1 Å². The van der Waals surface area contributed by atoms with E-state index in [0.29, 0.717) is 47.0 Å². The normalized spacial score (nSPS) is 35.7. The van der Waals surface area contributed by atoms with Crippen LogP contribution in [0.5, 0.6) is 23.0 Å². The van der Waals surface area contributed by atoms with Crippen LogP contribution < -0.4 is 9.47 Å². The average molecular weight is 647 g/mol. The van der Waals surface area contributed by atoms with Gasteiger partial charge in [-0.2, -0.15) is 5.26 Å². The van der Waals surface area contributed by atoms with Crippen molar-refractivity contribution in [3.63, 3.8) is 0 Å². The molecule has 2 aromatic carbocycles. The highest BCUT2D eigenvalue weighted by Gasteiger charge is 2.53. The number of fused-ring (bicyclic) bond motifs is 10. The molecule has 6 unspecified atom stereocenters. The zero-order chi connectivity index (χ0) is 33.8.